The van der Waals surface area contributed by atoms with Crippen molar-refractivity contribution in [1.29, 1.82) is 0 Å². The van der Waals surface area contributed by atoms with E-state index >= 15 is 0 Å². The third-order valence-corrected chi connectivity index (χ3v) is 2.75. The van der Waals surface area contributed by atoms with Crippen molar-refractivity contribution >= 4 is 5.97 Å². The number of ether oxygens (including phenoxy) is 1. The van der Waals surface area contributed by atoms with E-state index in [4.69, 9.17) is 4.74 Å². The summed E-state index contributed by atoms with van der Waals surface area (Å²) in [5.41, 5.74) is 0.939. The molecule has 0 amide bonds. The van der Waals surface area contributed by atoms with Crippen molar-refractivity contribution in [1.82, 2.24) is 0 Å². The minimum absolute atomic E-state index is 0.276. The minimum Gasteiger partial charge on any atom is -0.457 e. The van der Waals surface area contributed by atoms with E-state index < -0.39 is 18.1 Å². The lowest BCUT2D eigenvalue weighted by atomic mass is 9.97. The second-order valence-electron chi connectivity index (χ2n) is 3.86. The SMILES string of the molecule is CC(F)C1CC(c2ccccc2)OC1=O. The largest absolute Gasteiger partial charge is 0.457 e. The van der Waals surface area contributed by atoms with Crippen LogP contribution in [0.5, 0.6) is 0 Å². The highest BCUT2D eigenvalue weighted by Crippen LogP contribution is 2.35. The topological polar surface area (TPSA) is 26.3 Å². The Kier molecular flexibility index (Phi) is 2.71. The first kappa shape index (κ1) is 10.1. The molecule has 0 N–H and O–H groups in total. The van der Waals surface area contributed by atoms with E-state index in [1.165, 1.54) is 6.92 Å². The fourth-order valence-corrected chi connectivity index (χ4v) is 1.85. The molecule has 1 heterocycles. The maximum atomic E-state index is 13.0. The van der Waals surface area contributed by atoms with Gasteiger partial charge in [0.2, 0.25) is 0 Å². The van der Waals surface area contributed by atoms with E-state index in [0.717, 1.165) is 5.56 Å². The van der Waals surface area contributed by atoms with Crippen molar-refractivity contribution in [2.24, 2.45) is 5.92 Å². The van der Waals surface area contributed by atoms with Crippen LogP contribution < -0.4 is 0 Å². The van der Waals surface area contributed by atoms with Crippen LogP contribution in [0.2, 0.25) is 0 Å². The zero-order chi connectivity index (χ0) is 10.8. The summed E-state index contributed by atoms with van der Waals surface area (Å²) in [5, 5.41) is 0. The Morgan fingerprint density at radius 3 is 2.60 bits per heavy atom. The number of carbonyl (C=O) groups is 1. The normalized spacial score (nSPS) is 27.5. The van der Waals surface area contributed by atoms with Crippen LogP contribution in [-0.2, 0) is 9.53 Å². The molecule has 3 atom stereocenters. The molecule has 0 aliphatic carbocycles. The maximum absolute atomic E-state index is 13.0. The van der Waals surface area contributed by atoms with Crippen LogP contribution in [-0.4, -0.2) is 12.1 Å². The van der Waals surface area contributed by atoms with Crippen LogP contribution >= 0.6 is 0 Å². The van der Waals surface area contributed by atoms with Gasteiger partial charge >= 0.3 is 5.97 Å². The molecule has 1 aromatic carbocycles. The molecule has 15 heavy (non-hydrogen) atoms. The molecule has 0 aromatic heterocycles. The molecular formula is C12H13FO2. The summed E-state index contributed by atoms with van der Waals surface area (Å²) >= 11 is 0. The molecule has 0 radical (unpaired) electrons. The zero-order valence-corrected chi connectivity index (χ0v) is 8.52. The Bertz CT molecular complexity index is 348. The van der Waals surface area contributed by atoms with Crippen LogP contribution in [0.25, 0.3) is 0 Å². The van der Waals surface area contributed by atoms with Crippen LogP contribution in [0.3, 0.4) is 0 Å². The van der Waals surface area contributed by atoms with Crippen molar-refractivity contribution in [3.63, 3.8) is 0 Å². The summed E-state index contributed by atoms with van der Waals surface area (Å²) in [7, 11) is 0. The molecule has 0 saturated carbocycles. The van der Waals surface area contributed by atoms with Gasteiger partial charge in [-0.05, 0) is 12.5 Å². The number of alkyl halides is 1. The Morgan fingerprint density at radius 1 is 1.40 bits per heavy atom. The lowest BCUT2D eigenvalue weighted by Gasteiger charge is -2.08. The van der Waals surface area contributed by atoms with Gasteiger partial charge in [-0.15, -0.1) is 0 Å². The van der Waals surface area contributed by atoms with E-state index in [1.807, 2.05) is 30.3 Å². The Balaban J connectivity index is 2.13. The van der Waals surface area contributed by atoms with Gasteiger partial charge in [-0.3, -0.25) is 4.79 Å². The molecule has 80 valence electrons. The molecular weight excluding hydrogens is 195 g/mol. The molecule has 1 fully saturated rings. The number of cyclic esters (lactones) is 1. The molecule has 0 spiro atoms. The summed E-state index contributed by atoms with van der Waals surface area (Å²) in [6.45, 7) is 1.40. The number of esters is 1. The first-order valence-corrected chi connectivity index (χ1v) is 5.08. The minimum atomic E-state index is -1.13. The zero-order valence-electron chi connectivity index (χ0n) is 8.52. The molecule has 1 aliphatic rings. The van der Waals surface area contributed by atoms with E-state index in [9.17, 15) is 9.18 Å². The molecule has 3 heteroatoms. The van der Waals surface area contributed by atoms with Crippen LogP contribution in [0.1, 0.15) is 25.0 Å². The lowest BCUT2D eigenvalue weighted by molar-refractivity contribution is -0.145. The van der Waals surface area contributed by atoms with Gasteiger partial charge in [-0.2, -0.15) is 0 Å². The van der Waals surface area contributed by atoms with E-state index in [1.54, 1.807) is 0 Å². The number of halogens is 1. The van der Waals surface area contributed by atoms with Gasteiger partial charge in [0, 0.05) is 6.42 Å². The van der Waals surface area contributed by atoms with E-state index in [2.05, 4.69) is 0 Å². The van der Waals surface area contributed by atoms with Gasteiger partial charge in [0.05, 0.1) is 5.92 Å². The van der Waals surface area contributed by atoms with Gasteiger partial charge in [-0.1, -0.05) is 30.3 Å². The highest BCUT2D eigenvalue weighted by atomic mass is 19.1. The molecule has 2 rings (SSSR count). The number of rotatable bonds is 2. The van der Waals surface area contributed by atoms with Gasteiger partial charge < -0.3 is 4.74 Å². The predicted octanol–water partition coefficient (Wildman–Crippen LogP) is 2.65. The lowest BCUT2D eigenvalue weighted by Crippen LogP contribution is -2.17. The molecule has 1 aromatic rings. The smallest absolute Gasteiger partial charge is 0.312 e. The molecule has 1 saturated heterocycles. The summed E-state index contributed by atoms with van der Waals surface area (Å²) < 4.78 is 18.2. The summed E-state index contributed by atoms with van der Waals surface area (Å²) in [4.78, 5) is 11.3. The second kappa shape index (κ2) is 4.01. The third kappa shape index (κ3) is 2.01. The number of hydrogen-bond donors (Lipinski definition) is 0. The summed E-state index contributed by atoms with van der Waals surface area (Å²) in [5.74, 6) is -1.02. The Hall–Kier alpha value is -1.38. The fraction of sp³-hybridized carbons (Fsp3) is 0.417. The monoisotopic (exact) mass is 208 g/mol. The van der Waals surface area contributed by atoms with E-state index in [0.29, 0.717) is 6.42 Å². The number of benzene rings is 1. The quantitative estimate of drug-likeness (QED) is 0.698. The molecule has 0 bridgehead atoms. The van der Waals surface area contributed by atoms with Gasteiger partial charge in [-0.25, -0.2) is 4.39 Å². The van der Waals surface area contributed by atoms with Gasteiger partial charge in [0.15, 0.2) is 0 Å². The average Bonchev–Trinajstić information content (AvgIpc) is 2.62. The van der Waals surface area contributed by atoms with Crippen LogP contribution in [0.4, 0.5) is 4.39 Å². The van der Waals surface area contributed by atoms with Crippen LogP contribution in [0, 0.1) is 5.92 Å². The first-order chi connectivity index (χ1) is 7.18. The average molecular weight is 208 g/mol. The van der Waals surface area contributed by atoms with Crippen molar-refractivity contribution in [2.75, 3.05) is 0 Å². The molecule has 1 aliphatic heterocycles. The fourth-order valence-electron chi connectivity index (χ4n) is 1.85. The second-order valence-corrected chi connectivity index (χ2v) is 3.86. The van der Waals surface area contributed by atoms with Crippen LogP contribution in [0.15, 0.2) is 30.3 Å². The Morgan fingerprint density at radius 2 is 2.07 bits per heavy atom. The van der Waals surface area contributed by atoms with Crippen molar-refractivity contribution in [3.05, 3.63) is 35.9 Å². The van der Waals surface area contributed by atoms with E-state index in [-0.39, 0.29) is 6.10 Å². The highest BCUT2D eigenvalue weighted by molar-refractivity contribution is 5.75. The maximum Gasteiger partial charge on any atom is 0.312 e. The third-order valence-electron chi connectivity index (χ3n) is 2.75. The van der Waals surface area contributed by atoms with Crippen molar-refractivity contribution in [3.8, 4) is 0 Å². The first-order valence-electron chi connectivity index (χ1n) is 5.08. The highest BCUT2D eigenvalue weighted by Gasteiger charge is 2.38. The standard InChI is InChI=1S/C12H13FO2/c1-8(13)10-7-11(15-12(10)14)9-5-3-2-4-6-9/h2-6,8,10-11H,7H2,1H3. The number of hydrogen-bond acceptors (Lipinski definition) is 2. The van der Waals surface area contributed by atoms with Gasteiger partial charge in [0.1, 0.15) is 12.3 Å². The summed E-state index contributed by atoms with van der Waals surface area (Å²) in [6.07, 6.45) is -0.964. The predicted molar refractivity (Wildman–Crippen MR) is 54.0 cm³/mol. The molecule has 3 unspecified atom stereocenters. The van der Waals surface area contributed by atoms with Crippen molar-refractivity contribution in [2.45, 2.75) is 25.6 Å². The molecule has 2 nitrogen and oxygen atoms in total. The van der Waals surface area contributed by atoms with Gasteiger partial charge in [0.25, 0.3) is 0 Å². The van der Waals surface area contributed by atoms with Crippen molar-refractivity contribution < 1.29 is 13.9 Å². The summed E-state index contributed by atoms with van der Waals surface area (Å²) in [6, 6.07) is 9.45. The number of carbonyl (C=O) groups excluding carboxylic acids is 1. The Labute approximate surface area is 88.1 Å².